The Morgan fingerprint density at radius 2 is 1.64 bits per heavy atom. The second kappa shape index (κ2) is 9.23. The number of ether oxygens (including phenoxy) is 1. The molecular formula is C22H21N3O3. The second-order valence-electron chi connectivity index (χ2n) is 5.84. The standard InChI is InChI=1S/C22H21N3O3/c1-2-28-21-15-17(13-14-20(21)26)16-23-24-22(27)25(18-9-5-3-6-10-18)19-11-7-4-8-12-19/h3-16,26H,2H2,1H3,(H,24,27). The highest BCUT2D eigenvalue weighted by atomic mass is 16.5. The molecule has 0 unspecified atom stereocenters. The van der Waals surface area contributed by atoms with Crippen LogP contribution >= 0.6 is 0 Å². The van der Waals surface area contributed by atoms with Gasteiger partial charge in [0.2, 0.25) is 0 Å². The van der Waals surface area contributed by atoms with Gasteiger partial charge in [0.25, 0.3) is 0 Å². The molecule has 3 rings (SSSR count). The molecule has 0 aliphatic carbocycles. The Labute approximate surface area is 163 Å². The highest BCUT2D eigenvalue weighted by Gasteiger charge is 2.17. The maximum Gasteiger partial charge on any atom is 0.346 e. The number of rotatable bonds is 6. The number of anilines is 2. The number of phenols is 1. The van der Waals surface area contributed by atoms with Gasteiger partial charge in [-0.2, -0.15) is 5.10 Å². The number of hydrogen-bond donors (Lipinski definition) is 2. The molecule has 0 aliphatic rings. The summed E-state index contributed by atoms with van der Waals surface area (Å²) in [6, 6.07) is 23.1. The number of benzene rings is 3. The smallest absolute Gasteiger partial charge is 0.346 e. The van der Waals surface area contributed by atoms with Gasteiger partial charge < -0.3 is 9.84 Å². The summed E-state index contributed by atoms with van der Waals surface area (Å²) >= 11 is 0. The molecule has 0 aliphatic heterocycles. The molecule has 2 N–H and O–H groups in total. The van der Waals surface area contributed by atoms with E-state index in [9.17, 15) is 9.90 Å². The van der Waals surface area contributed by atoms with Crippen molar-refractivity contribution in [2.45, 2.75) is 6.92 Å². The van der Waals surface area contributed by atoms with Gasteiger partial charge in [-0.15, -0.1) is 0 Å². The van der Waals surface area contributed by atoms with Gasteiger partial charge in [-0.25, -0.2) is 10.2 Å². The van der Waals surface area contributed by atoms with Crippen LogP contribution in [0.5, 0.6) is 11.5 Å². The summed E-state index contributed by atoms with van der Waals surface area (Å²) in [5.41, 5.74) is 4.69. The number of phenolic OH excluding ortho intramolecular Hbond substituents is 1. The lowest BCUT2D eigenvalue weighted by atomic mass is 10.2. The van der Waals surface area contributed by atoms with Crippen LogP contribution in [0.4, 0.5) is 16.2 Å². The van der Waals surface area contributed by atoms with E-state index < -0.39 is 6.03 Å². The minimum atomic E-state index is -0.391. The van der Waals surface area contributed by atoms with Crippen LogP contribution in [0.2, 0.25) is 0 Å². The third kappa shape index (κ3) is 4.67. The molecule has 0 heterocycles. The Morgan fingerprint density at radius 1 is 1.04 bits per heavy atom. The molecule has 0 bridgehead atoms. The largest absolute Gasteiger partial charge is 0.504 e. The fourth-order valence-electron chi connectivity index (χ4n) is 2.63. The number of carbonyl (C=O) groups excluding carboxylic acids is 1. The highest BCUT2D eigenvalue weighted by Crippen LogP contribution is 2.26. The Hall–Kier alpha value is -3.80. The Bertz CT molecular complexity index is 904. The Kier molecular flexibility index (Phi) is 6.25. The molecule has 142 valence electrons. The number of nitrogens with zero attached hydrogens (tertiary/aromatic N) is 2. The summed E-state index contributed by atoms with van der Waals surface area (Å²) in [6.45, 7) is 2.27. The van der Waals surface area contributed by atoms with Gasteiger partial charge in [0.05, 0.1) is 24.2 Å². The van der Waals surface area contributed by atoms with E-state index in [1.807, 2.05) is 67.6 Å². The zero-order valence-corrected chi connectivity index (χ0v) is 15.4. The number of para-hydroxylation sites is 2. The number of hydrogen-bond acceptors (Lipinski definition) is 4. The molecule has 28 heavy (non-hydrogen) atoms. The normalized spacial score (nSPS) is 10.6. The van der Waals surface area contributed by atoms with Gasteiger partial charge in [0.15, 0.2) is 11.5 Å². The lowest BCUT2D eigenvalue weighted by Crippen LogP contribution is -2.34. The molecule has 6 heteroatoms. The molecule has 6 nitrogen and oxygen atoms in total. The van der Waals surface area contributed by atoms with Crippen LogP contribution in [0.25, 0.3) is 0 Å². The Balaban J connectivity index is 1.78. The maximum atomic E-state index is 12.8. The van der Waals surface area contributed by atoms with Gasteiger partial charge in [-0.05, 0) is 55.0 Å². The van der Waals surface area contributed by atoms with E-state index in [1.54, 1.807) is 17.0 Å². The number of nitrogens with one attached hydrogen (secondary N) is 1. The van der Waals surface area contributed by atoms with Crippen LogP contribution in [0, 0.1) is 0 Å². The number of urea groups is 1. The van der Waals surface area contributed by atoms with Crippen molar-refractivity contribution in [1.29, 1.82) is 0 Å². The fraction of sp³-hybridized carbons (Fsp3) is 0.0909. The van der Waals surface area contributed by atoms with Crippen LogP contribution < -0.4 is 15.1 Å². The van der Waals surface area contributed by atoms with E-state index >= 15 is 0 Å². The molecule has 0 aromatic heterocycles. The molecule has 3 aromatic rings. The first-order valence-electron chi connectivity index (χ1n) is 8.88. The van der Waals surface area contributed by atoms with Gasteiger partial charge in [0, 0.05) is 0 Å². The van der Waals surface area contributed by atoms with E-state index in [0.717, 1.165) is 11.4 Å². The summed E-state index contributed by atoms with van der Waals surface area (Å²) in [5, 5.41) is 13.8. The van der Waals surface area contributed by atoms with Crippen molar-refractivity contribution in [3.63, 3.8) is 0 Å². The van der Waals surface area contributed by atoms with Crippen molar-refractivity contribution in [2.24, 2.45) is 5.10 Å². The van der Waals surface area contributed by atoms with Gasteiger partial charge >= 0.3 is 6.03 Å². The van der Waals surface area contributed by atoms with Gasteiger partial charge in [-0.3, -0.25) is 4.90 Å². The van der Waals surface area contributed by atoms with E-state index in [1.165, 1.54) is 12.3 Å². The van der Waals surface area contributed by atoms with E-state index in [0.29, 0.717) is 17.9 Å². The van der Waals surface area contributed by atoms with Crippen LogP contribution in [-0.4, -0.2) is 24.0 Å². The van der Waals surface area contributed by atoms with Crippen molar-refractivity contribution >= 4 is 23.6 Å². The van der Waals surface area contributed by atoms with Crippen molar-refractivity contribution in [3.05, 3.63) is 84.4 Å². The Morgan fingerprint density at radius 3 is 2.21 bits per heavy atom. The molecule has 2 amide bonds. The minimum absolute atomic E-state index is 0.0577. The van der Waals surface area contributed by atoms with Crippen molar-refractivity contribution < 1.29 is 14.6 Å². The molecule has 0 atom stereocenters. The van der Waals surface area contributed by atoms with Crippen LogP contribution in [0.1, 0.15) is 12.5 Å². The van der Waals surface area contributed by atoms with Crippen molar-refractivity contribution in [2.75, 3.05) is 11.5 Å². The zero-order chi connectivity index (χ0) is 19.8. The summed E-state index contributed by atoms with van der Waals surface area (Å²) in [5.74, 6) is 0.426. The topological polar surface area (TPSA) is 74.2 Å². The average Bonchev–Trinajstić information content (AvgIpc) is 2.72. The number of hydrazone groups is 1. The zero-order valence-electron chi connectivity index (χ0n) is 15.4. The lowest BCUT2D eigenvalue weighted by Gasteiger charge is -2.22. The predicted molar refractivity (Wildman–Crippen MR) is 110 cm³/mol. The minimum Gasteiger partial charge on any atom is -0.504 e. The molecule has 0 spiro atoms. The number of carbonyl (C=O) groups is 1. The summed E-state index contributed by atoms with van der Waals surface area (Å²) in [4.78, 5) is 14.3. The molecule has 0 saturated heterocycles. The van der Waals surface area contributed by atoms with Gasteiger partial charge in [0.1, 0.15) is 0 Å². The first-order valence-corrected chi connectivity index (χ1v) is 8.88. The van der Waals surface area contributed by atoms with Crippen LogP contribution in [0.3, 0.4) is 0 Å². The monoisotopic (exact) mass is 375 g/mol. The third-order valence-electron chi connectivity index (χ3n) is 3.89. The summed E-state index contributed by atoms with van der Waals surface area (Å²) in [6.07, 6.45) is 1.49. The van der Waals surface area contributed by atoms with Crippen LogP contribution in [0.15, 0.2) is 84.0 Å². The summed E-state index contributed by atoms with van der Waals surface area (Å²) < 4.78 is 5.35. The van der Waals surface area contributed by atoms with Crippen LogP contribution in [-0.2, 0) is 0 Å². The molecule has 0 saturated carbocycles. The third-order valence-corrected chi connectivity index (χ3v) is 3.89. The highest BCUT2D eigenvalue weighted by molar-refractivity contribution is 5.99. The first-order chi connectivity index (χ1) is 13.7. The van der Waals surface area contributed by atoms with Gasteiger partial charge in [-0.1, -0.05) is 36.4 Å². The molecule has 0 radical (unpaired) electrons. The fourth-order valence-corrected chi connectivity index (χ4v) is 2.63. The molecule has 3 aromatic carbocycles. The van der Waals surface area contributed by atoms with E-state index in [4.69, 9.17) is 4.74 Å². The SMILES string of the molecule is CCOc1cc(C=NNC(=O)N(c2ccccc2)c2ccccc2)ccc1O. The second-order valence-corrected chi connectivity index (χ2v) is 5.84. The van der Waals surface area contributed by atoms with Crippen molar-refractivity contribution in [3.8, 4) is 11.5 Å². The predicted octanol–water partition coefficient (Wildman–Crippen LogP) is 4.67. The number of aromatic hydroxyl groups is 1. The lowest BCUT2D eigenvalue weighted by molar-refractivity contribution is 0.249. The molecule has 0 fully saturated rings. The van der Waals surface area contributed by atoms with E-state index in [-0.39, 0.29) is 5.75 Å². The van der Waals surface area contributed by atoms with Crippen molar-refractivity contribution in [1.82, 2.24) is 5.43 Å². The summed E-state index contributed by atoms with van der Waals surface area (Å²) in [7, 11) is 0. The maximum absolute atomic E-state index is 12.8. The average molecular weight is 375 g/mol. The first kappa shape index (κ1) is 19.0. The van der Waals surface area contributed by atoms with E-state index in [2.05, 4.69) is 10.5 Å². The molecular weight excluding hydrogens is 354 g/mol. The quantitative estimate of drug-likeness (QED) is 0.485. The number of amides is 2.